The third kappa shape index (κ3) is 2.30. The summed E-state index contributed by atoms with van der Waals surface area (Å²) in [7, 11) is 0. The molecule has 0 heterocycles. The van der Waals surface area contributed by atoms with Crippen LogP contribution in [0.25, 0.3) is 0 Å². The molecule has 2 aromatic carbocycles. The van der Waals surface area contributed by atoms with Crippen LogP contribution in [-0.2, 0) is 0 Å². The molecule has 76 valence electrons. The van der Waals surface area contributed by atoms with Crippen LogP contribution in [0.3, 0.4) is 0 Å². The van der Waals surface area contributed by atoms with Crippen LogP contribution in [-0.4, -0.2) is 5.11 Å². The van der Waals surface area contributed by atoms with E-state index in [4.69, 9.17) is 4.74 Å². The Kier molecular flexibility index (Phi) is 2.92. The third-order valence-electron chi connectivity index (χ3n) is 1.92. The van der Waals surface area contributed by atoms with Gasteiger partial charge in [0.1, 0.15) is 5.75 Å². The summed E-state index contributed by atoms with van der Waals surface area (Å²) in [5, 5.41) is 9.52. The first kappa shape index (κ1) is 10.1. The summed E-state index contributed by atoms with van der Waals surface area (Å²) in [6.45, 7) is 0. The second-order valence-corrected chi connectivity index (χ2v) is 3.85. The van der Waals surface area contributed by atoms with Crippen LogP contribution in [0.5, 0.6) is 17.2 Å². The van der Waals surface area contributed by atoms with Gasteiger partial charge in [0.25, 0.3) is 0 Å². The molecule has 0 amide bonds. The largest absolute Gasteiger partial charge is 0.504 e. The van der Waals surface area contributed by atoms with Crippen LogP contribution in [0, 0.1) is 0 Å². The molecule has 0 bridgehead atoms. The maximum atomic E-state index is 9.52. The second-order valence-electron chi connectivity index (χ2n) is 3.00. The van der Waals surface area contributed by atoms with Crippen molar-refractivity contribution in [2.24, 2.45) is 0 Å². The minimum absolute atomic E-state index is 0.133. The van der Waals surface area contributed by atoms with E-state index in [0.717, 1.165) is 4.47 Å². The number of phenols is 1. The van der Waals surface area contributed by atoms with Gasteiger partial charge in [-0.15, -0.1) is 0 Å². The summed E-state index contributed by atoms with van der Waals surface area (Å²) in [6, 6.07) is 14.4. The highest BCUT2D eigenvalue weighted by atomic mass is 79.9. The average molecular weight is 265 g/mol. The first-order chi connectivity index (χ1) is 7.27. The zero-order chi connectivity index (χ0) is 10.7. The van der Waals surface area contributed by atoms with Crippen molar-refractivity contribution in [3.63, 3.8) is 0 Å². The number of rotatable bonds is 2. The Morgan fingerprint density at radius 1 is 0.867 bits per heavy atom. The Morgan fingerprint density at radius 3 is 2.13 bits per heavy atom. The zero-order valence-corrected chi connectivity index (χ0v) is 9.44. The molecule has 0 saturated heterocycles. The number of aromatic hydroxyl groups is 1. The van der Waals surface area contributed by atoms with Crippen molar-refractivity contribution in [1.29, 1.82) is 0 Å². The lowest BCUT2D eigenvalue weighted by Gasteiger charge is -2.08. The molecule has 0 saturated carbocycles. The molecule has 0 aromatic heterocycles. The van der Waals surface area contributed by atoms with E-state index >= 15 is 0 Å². The molecule has 0 aliphatic carbocycles. The summed E-state index contributed by atoms with van der Waals surface area (Å²) in [4.78, 5) is 0. The van der Waals surface area contributed by atoms with Crippen molar-refractivity contribution in [3.8, 4) is 17.2 Å². The summed E-state index contributed by atoms with van der Waals surface area (Å²) < 4.78 is 6.40. The van der Waals surface area contributed by atoms with Gasteiger partial charge in [-0.2, -0.15) is 0 Å². The molecule has 0 spiro atoms. The molecule has 0 fully saturated rings. The highest BCUT2D eigenvalue weighted by Gasteiger charge is 2.04. The van der Waals surface area contributed by atoms with Gasteiger partial charge in [-0.3, -0.25) is 0 Å². The zero-order valence-electron chi connectivity index (χ0n) is 7.85. The molecular weight excluding hydrogens is 256 g/mol. The molecule has 1 N–H and O–H groups in total. The fourth-order valence-electron chi connectivity index (χ4n) is 1.19. The summed E-state index contributed by atoms with van der Waals surface area (Å²) in [6.07, 6.45) is 0. The smallest absolute Gasteiger partial charge is 0.169 e. The van der Waals surface area contributed by atoms with E-state index in [2.05, 4.69) is 15.9 Å². The van der Waals surface area contributed by atoms with Crippen LogP contribution < -0.4 is 4.74 Å². The Morgan fingerprint density at radius 2 is 1.47 bits per heavy atom. The van der Waals surface area contributed by atoms with Gasteiger partial charge in [0.2, 0.25) is 0 Å². The fraction of sp³-hybridized carbons (Fsp3) is 0. The second kappa shape index (κ2) is 4.36. The van der Waals surface area contributed by atoms with E-state index in [1.165, 1.54) is 0 Å². The highest BCUT2D eigenvalue weighted by molar-refractivity contribution is 9.10. The highest BCUT2D eigenvalue weighted by Crippen LogP contribution is 2.33. The van der Waals surface area contributed by atoms with E-state index in [1.54, 1.807) is 18.2 Å². The summed E-state index contributed by atoms with van der Waals surface area (Å²) >= 11 is 3.37. The Balaban J connectivity index is 2.30. The minimum atomic E-state index is 0.133. The molecular formula is C12H9BrO2. The first-order valence-corrected chi connectivity index (χ1v) is 5.27. The van der Waals surface area contributed by atoms with Gasteiger partial charge in [0, 0.05) is 0 Å². The molecule has 3 heteroatoms. The Labute approximate surface area is 96.3 Å². The number of halogens is 1. The van der Waals surface area contributed by atoms with Gasteiger partial charge in [0.05, 0.1) is 4.47 Å². The van der Waals surface area contributed by atoms with E-state index in [1.807, 2.05) is 30.3 Å². The molecule has 2 nitrogen and oxygen atoms in total. The van der Waals surface area contributed by atoms with Gasteiger partial charge in [-0.1, -0.05) is 24.3 Å². The monoisotopic (exact) mass is 264 g/mol. The molecule has 0 atom stereocenters. The normalized spacial score (nSPS) is 9.93. The molecule has 0 unspecified atom stereocenters. The summed E-state index contributed by atoms with van der Waals surface area (Å²) in [5.74, 6) is 1.26. The Bertz CT molecular complexity index is 425. The predicted octanol–water partition coefficient (Wildman–Crippen LogP) is 3.95. The van der Waals surface area contributed by atoms with Crippen molar-refractivity contribution >= 4 is 15.9 Å². The number of benzene rings is 2. The van der Waals surface area contributed by atoms with Gasteiger partial charge in [0.15, 0.2) is 11.5 Å². The lowest BCUT2D eigenvalue weighted by molar-refractivity contribution is 0.410. The third-order valence-corrected chi connectivity index (χ3v) is 2.58. The molecule has 2 rings (SSSR count). The van der Waals surface area contributed by atoms with Crippen molar-refractivity contribution in [2.75, 3.05) is 0 Å². The topological polar surface area (TPSA) is 29.5 Å². The molecule has 0 radical (unpaired) electrons. The summed E-state index contributed by atoms with van der Waals surface area (Å²) in [5.41, 5.74) is 0. The van der Waals surface area contributed by atoms with Gasteiger partial charge < -0.3 is 9.84 Å². The van der Waals surface area contributed by atoms with Crippen LogP contribution >= 0.6 is 15.9 Å². The number of ether oxygens (including phenoxy) is 1. The minimum Gasteiger partial charge on any atom is -0.504 e. The maximum absolute atomic E-state index is 9.52. The van der Waals surface area contributed by atoms with E-state index < -0.39 is 0 Å². The van der Waals surface area contributed by atoms with Crippen molar-refractivity contribution in [2.45, 2.75) is 0 Å². The predicted molar refractivity (Wildman–Crippen MR) is 62.3 cm³/mol. The molecule has 0 aliphatic rings. The average Bonchev–Trinajstić information content (AvgIpc) is 2.24. The lowest BCUT2D eigenvalue weighted by atomic mass is 10.3. The van der Waals surface area contributed by atoms with Gasteiger partial charge in [-0.25, -0.2) is 0 Å². The number of hydrogen-bond donors (Lipinski definition) is 1. The van der Waals surface area contributed by atoms with E-state index in [-0.39, 0.29) is 5.75 Å². The van der Waals surface area contributed by atoms with Crippen molar-refractivity contribution in [3.05, 3.63) is 53.0 Å². The lowest BCUT2D eigenvalue weighted by Crippen LogP contribution is -1.85. The molecule has 2 aromatic rings. The number of phenolic OH excluding ortho intramolecular Hbond substituents is 1. The van der Waals surface area contributed by atoms with E-state index in [9.17, 15) is 5.11 Å². The van der Waals surface area contributed by atoms with Crippen molar-refractivity contribution < 1.29 is 9.84 Å². The maximum Gasteiger partial charge on any atom is 0.169 e. The van der Waals surface area contributed by atoms with Gasteiger partial charge in [-0.05, 0) is 40.2 Å². The quantitative estimate of drug-likeness (QED) is 0.890. The van der Waals surface area contributed by atoms with Crippen LogP contribution in [0.2, 0.25) is 0 Å². The van der Waals surface area contributed by atoms with Crippen molar-refractivity contribution in [1.82, 2.24) is 0 Å². The molecule has 0 aliphatic heterocycles. The number of hydrogen-bond acceptors (Lipinski definition) is 2. The van der Waals surface area contributed by atoms with E-state index in [0.29, 0.717) is 11.5 Å². The van der Waals surface area contributed by atoms with Crippen LogP contribution in [0.1, 0.15) is 0 Å². The van der Waals surface area contributed by atoms with Gasteiger partial charge >= 0.3 is 0 Å². The standard InChI is InChI=1S/C12H9BrO2/c13-9-5-1-3-7-11(9)15-12-8-4-2-6-10(12)14/h1-8,14H. The first-order valence-electron chi connectivity index (χ1n) is 4.48. The number of para-hydroxylation sites is 3. The SMILES string of the molecule is Oc1ccccc1Oc1ccccc1Br. The molecule has 15 heavy (non-hydrogen) atoms. The van der Waals surface area contributed by atoms with Crippen LogP contribution in [0.15, 0.2) is 53.0 Å². The van der Waals surface area contributed by atoms with Crippen LogP contribution in [0.4, 0.5) is 0 Å². The Hall–Kier alpha value is -1.48. The fourth-order valence-corrected chi connectivity index (χ4v) is 1.56.